The van der Waals surface area contributed by atoms with E-state index in [1.54, 1.807) is 13.0 Å². The lowest BCUT2D eigenvalue weighted by Crippen LogP contribution is -2.31. The minimum Gasteiger partial charge on any atom is -0.352 e. The fraction of sp³-hybridized carbons (Fsp3) is 0.250. The molecule has 0 saturated carbocycles. The van der Waals surface area contributed by atoms with Gasteiger partial charge in [-0.25, -0.2) is 4.39 Å². The number of hydrogen-bond acceptors (Lipinski definition) is 3. The normalized spacial score (nSPS) is 12.2. The molecule has 40 heavy (non-hydrogen) atoms. The number of pyridine rings is 1. The first-order valence-electron chi connectivity index (χ1n) is 11.8. The average Bonchev–Trinajstić information content (AvgIpc) is 2.90. The van der Waals surface area contributed by atoms with Gasteiger partial charge in [-0.15, -0.1) is 0 Å². The molecule has 3 rings (SSSR count). The number of amides is 2. The summed E-state index contributed by atoms with van der Waals surface area (Å²) < 4.78 is 94.5. The first-order chi connectivity index (χ1) is 18.8. The summed E-state index contributed by atoms with van der Waals surface area (Å²) in [6.07, 6.45) is -7.00. The maximum atomic E-state index is 13.9. The Bertz CT molecular complexity index is 1420. The zero-order valence-electron chi connectivity index (χ0n) is 20.9. The quantitative estimate of drug-likeness (QED) is 0.290. The Labute approximate surface area is 224 Å². The Kier molecular flexibility index (Phi) is 9.52. The number of carbonyl (C=O) groups excluding carboxylic acids is 2. The van der Waals surface area contributed by atoms with E-state index in [9.17, 15) is 40.3 Å². The van der Waals surface area contributed by atoms with Crippen molar-refractivity contribution in [2.45, 2.75) is 38.2 Å². The van der Waals surface area contributed by atoms with E-state index in [0.29, 0.717) is 29.7 Å². The van der Waals surface area contributed by atoms with Crippen LogP contribution in [-0.2, 0) is 28.5 Å². The minimum absolute atomic E-state index is 0.0537. The number of hydrogen-bond donors (Lipinski definition) is 2. The molecule has 12 heteroatoms. The molecule has 0 saturated heterocycles. The van der Waals surface area contributed by atoms with Gasteiger partial charge in [0.1, 0.15) is 5.82 Å². The number of alkyl halides is 6. The van der Waals surface area contributed by atoms with E-state index in [-0.39, 0.29) is 30.6 Å². The second-order valence-electron chi connectivity index (χ2n) is 8.51. The molecule has 1 unspecified atom stereocenters. The zero-order chi connectivity index (χ0) is 29.5. The highest BCUT2D eigenvalue weighted by Gasteiger charge is 2.41. The van der Waals surface area contributed by atoms with Gasteiger partial charge < -0.3 is 10.6 Å². The topological polar surface area (TPSA) is 71.1 Å². The van der Waals surface area contributed by atoms with Gasteiger partial charge in [-0.05, 0) is 47.0 Å². The third-order valence-corrected chi connectivity index (χ3v) is 5.65. The number of nitrogens with one attached hydrogen (secondary N) is 2. The molecular formula is C28H22F7N3O2. The van der Waals surface area contributed by atoms with Gasteiger partial charge in [-0.2, -0.15) is 26.3 Å². The predicted octanol–water partition coefficient (Wildman–Crippen LogP) is 5.58. The van der Waals surface area contributed by atoms with Crippen LogP contribution in [0.25, 0.3) is 0 Å². The van der Waals surface area contributed by atoms with E-state index in [0.717, 1.165) is 24.3 Å². The molecule has 0 aliphatic heterocycles. The van der Waals surface area contributed by atoms with Crippen molar-refractivity contribution < 1.29 is 40.3 Å². The number of aromatic nitrogens is 1. The molecule has 1 heterocycles. The van der Waals surface area contributed by atoms with Crippen molar-refractivity contribution in [3.8, 4) is 11.8 Å². The summed E-state index contributed by atoms with van der Waals surface area (Å²) in [5.74, 6) is 1.79. The lowest BCUT2D eigenvalue weighted by atomic mass is 9.86. The van der Waals surface area contributed by atoms with Crippen LogP contribution in [0.2, 0.25) is 0 Å². The Balaban J connectivity index is 1.88. The van der Waals surface area contributed by atoms with E-state index in [4.69, 9.17) is 0 Å². The molecule has 2 aromatic carbocycles. The van der Waals surface area contributed by atoms with Gasteiger partial charge in [0.15, 0.2) is 0 Å². The molecule has 210 valence electrons. The van der Waals surface area contributed by atoms with Crippen molar-refractivity contribution in [2.75, 3.05) is 6.54 Å². The monoisotopic (exact) mass is 565 g/mol. The maximum Gasteiger partial charge on any atom is 0.416 e. The number of nitrogens with zero attached hydrogens (tertiary/aromatic N) is 1. The van der Waals surface area contributed by atoms with Crippen LogP contribution >= 0.6 is 0 Å². The summed E-state index contributed by atoms with van der Waals surface area (Å²) in [4.78, 5) is 28.6. The van der Waals surface area contributed by atoms with Gasteiger partial charge in [0.25, 0.3) is 0 Å². The van der Waals surface area contributed by atoms with Gasteiger partial charge in [0.2, 0.25) is 11.8 Å². The first-order valence-corrected chi connectivity index (χ1v) is 11.8. The molecule has 0 aliphatic carbocycles. The van der Waals surface area contributed by atoms with Crippen LogP contribution in [0.3, 0.4) is 0 Å². The summed E-state index contributed by atoms with van der Waals surface area (Å²) in [5, 5.41) is 5.06. The molecule has 1 aromatic heterocycles. The number of carbonyl (C=O) groups is 2. The van der Waals surface area contributed by atoms with Crippen molar-refractivity contribution >= 4 is 11.8 Å². The molecule has 2 amide bonds. The molecule has 5 nitrogen and oxygen atoms in total. The van der Waals surface area contributed by atoms with Gasteiger partial charge >= 0.3 is 12.4 Å². The van der Waals surface area contributed by atoms with Crippen LogP contribution in [0.4, 0.5) is 30.7 Å². The average molecular weight is 565 g/mol. The summed E-state index contributed by atoms with van der Waals surface area (Å²) in [6, 6.07) is 6.66. The standard InChI is InChI=1S/C28H22F7N3O2/c1-2-24(39)38-16-18-12-17(14-36-15-18)4-3-11-37-26(40)25(19-5-8-21(29)9-6-19)22-10-7-20(27(30,31)32)13-23(22)28(33,34)35/h5-10,12-15,25H,2,11,16H2,1H3,(H,37,40)(H,38,39). The second-order valence-corrected chi connectivity index (χ2v) is 8.51. The number of rotatable bonds is 7. The molecular weight excluding hydrogens is 543 g/mol. The molecule has 0 bridgehead atoms. The van der Waals surface area contributed by atoms with Crippen LogP contribution in [-0.4, -0.2) is 23.3 Å². The van der Waals surface area contributed by atoms with E-state index in [1.165, 1.54) is 12.4 Å². The van der Waals surface area contributed by atoms with Crippen LogP contribution in [0, 0.1) is 17.7 Å². The Morgan fingerprint density at radius 2 is 1.62 bits per heavy atom. The molecule has 1 atom stereocenters. The fourth-order valence-corrected chi connectivity index (χ4v) is 3.72. The zero-order valence-corrected chi connectivity index (χ0v) is 20.9. The van der Waals surface area contributed by atoms with Crippen molar-refractivity contribution in [3.63, 3.8) is 0 Å². The van der Waals surface area contributed by atoms with Crippen molar-refractivity contribution in [3.05, 3.63) is 100 Å². The van der Waals surface area contributed by atoms with E-state index in [1.807, 2.05) is 0 Å². The lowest BCUT2D eigenvalue weighted by Gasteiger charge is -2.22. The third kappa shape index (κ3) is 8.05. The van der Waals surface area contributed by atoms with Gasteiger partial charge in [0.05, 0.1) is 23.6 Å². The van der Waals surface area contributed by atoms with Crippen LogP contribution in [0.15, 0.2) is 60.9 Å². The van der Waals surface area contributed by atoms with Crippen molar-refractivity contribution in [1.29, 1.82) is 0 Å². The summed E-state index contributed by atoms with van der Waals surface area (Å²) in [5.41, 5.74) is -2.87. The highest BCUT2D eigenvalue weighted by Crippen LogP contribution is 2.41. The van der Waals surface area contributed by atoms with Gasteiger partial charge in [-0.1, -0.05) is 37.0 Å². The molecule has 0 radical (unpaired) electrons. The molecule has 0 fully saturated rings. The molecule has 3 aromatic rings. The van der Waals surface area contributed by atoms with Crippen LogP contribution in [0.1, 0.15) is 52.6 Å². The largest absolute Gasteiger partial charge is 0.416 e. The van der Waals surface area contributed by atoms with Crippen LogP contribution in [0.5, 0.6) is 0 Å². The minimum atomic E-state index is -5.22. The molecule has 2 N–H and O–H groups in total. The highest BCUT2D eigenvalue weighted by molar-refractivity contribution is 5.88. The number of benzene rings is 2. The Morgan fingerprint density at radius 3 is 2.25 bits per heavy atom. The molecule has 0 spiro atoms. The summed E-state index contributed by atoms with van der Waals surface area (Å²) in [6.45, 7) is 1.60. The Hall–Kier alpha value is -4.40. The maximum absolute atomic E-state index is 13.9. The van der Waals surface area contributed by atoms with Gasteiger partial charge in [0, 0.05) is 30.9 Å². The van der Waals surface area contributed by atoms with Gasteiger partial charge in [-0.3, -0.25) is 14.6 Å². The van der Waals surface area contributed by atoms with E-state index < -0.39 is 46.7 Å². The fourth-order valence-electron chi connectivity index (χ4n) is 3.72. The van der Waals surface area contributed by atoms with E-state index >= 15 is 0 Å². The Morgan fingerprint density at radius 1 is 0.925 bits per heavy atom. The third-order valence-electron chi connectivity index (χ3n) is 5.65. The summed E-state index contributed by atoms with van der Waals surface area (Å²) in [7, 11) is 0. The summed E-state index contributed by atoms with van der Waals surface area (Å²) >= 11 is 0. The number of halogens is 7. The van der Waals surface area contributed by atoms with Crippen molar-refractivity contribution in [1.82, 2.24) is 15.6 Å². The van der Waals surface area contributed by atoms with Crippen LogP contribution < -0.4 is 10.6 Å². The smallest absolute Gasteiger partial charge is 0.352 e. The molecule has 0 aliphatic rings. The van der Waals surface area contributed by atoms with E-state index in [2.05, 4.69) is 27.5 Å². The van der Waals surface area contributed by atoms with Crippen molar-refractivity contribution in [2.24, 2.45) is 0 Å². The second kappa shape index (κ2) is 12.6. The highest BCUT2D eigenvalue weighted by atomic mass is 19.4. The first kappa shape index (κ1) is 30.1. The lowest BCUT2D eigenvalue weighted by molar-refractivity contribution is -0.143. The SMILES string of the molecule is CCC(=O)NCc1cncc(C#CCNC(=O)C(c2ccc(F)cc2)c2ccc(C(F)(F)F)cc2C(F)(F)F)c1. The predicted molar refractivity (Wildman–Crippen MR) is 131 cm³/mol.